The molecule has 26 heavy (non-hydrogen) atoms. The summed E-state index contributed by atoms with van der Waals surface area (Å²) in [6, 6.07) is 27.4. The van der Waals surface area contributed by atoms with E-state index in [4.69, 9.17) is 8.83 Å². The minimum atomic E-state index is 0.644. The summed E-state index contributed by atoms with van der Waals surface area (Å²) in [4.78, 5) is 0. The van der Waals surface area contributed by atoms with E-state index >= 15 is 0 Å². The Bertz CT molecular complexity index is 942. The lowest BCUT2D eigenvalue weighted by molar-refractivity contribution is 0.573. The molecule has 2 heterocycles. The van der Waals surface area contributed by atoms with Gasteiger partial charge < -0.3 is 8.83 Å². The number of rotatable bonds is 5. The van der Waals surface area contributed by atoms with Gasteiger partial charge >= 0.3 is 0 Å². The van der Waals surface area contributed by atoms with Crippen molar-refractivity contribution in [1.82, 2.24) is 0 Å². The van der Waals surface area contributed by atoms with Gasteiger partial charge in [0.05, 0.1) is 12.4 Å². The molecule has 0 saturated heterocycles. The summed E-state index contributed by atoms with van der Waals surface area (Å²) in [5, 5.41) is 8.03. The predicted molar refractivity (Wildman–Crippen MR) is 103 cm³/mol. The van der Waals surface area contributed by atoms with E-state index in [9.17, 15) is 0 Å². The van der Waals surface area contributed by atoms with Crippen molar-refractivity contribution in [3.8, 4) is 22.6 Å². The van der Waals surface area contributed by atoms with E-state index < -0.39 is 0 Å². The fourth-order valence-corrected chi connectivity index (χ4v) is 2.54. The minimum Gasteiger partial charge on any atom is -0.455 e. The van der Waals surface area contributed by atoms with Crippen LogP contribution in [0.4, 0.5) is 0 Å². The normalized spacial score (nSPS) is 11.5. The molecule has 0 fully saturated rings. The Hall–Kier alpha value is -3.66. The van der Waals surface area contributed by atoms with Gasteiger partial charge in [-0.3, -0.25) is 0 Å². The van der Waals surface area contributed by atoms with E-state index in [2.05, 4.69) is 10.2 Å². The SMILES string of the molecule is C(=N\N=C\c1ccc(-c2ccccc2)o1)/c1ccc(-c2ccccc2)o1. The van der Waals surface area contributed by atoms with Crippen LogP contribution in [0.15, 0.2) is 104 Å². The van der Waals surface area contributed by atoms with Gasteiger partial charge in [0.25, 0.3) is 0 Å². The maximum atomic E-state index is 5.74. The topological polar surface area (TPSA) is 51.0 Å². The Morgan fingerprint density at radius 1 is 0.500 bits per heavy atom. The molecule has 4 aromatic rings. The Morgan fingerprint density at radius 2 is 0.923 bits per heavy atom. The molecule has 0 amide bonds. The number of hydrogen-bond acceptors (Lipinski definition) is 4. The summed E-state index contributed by atoms with van der Waals surface area (Å²) in [7, 11) is 0. The van der Waals surface area contributed by atoms with E-state index in [1.165, 1.54) is 0 Å². The van der Waals surface area contributed by atoms with E-state index in [0.717, 1.165) is 22.6 Å². The molecule has 0 aliphatic rings. The summed E-state index contributed by atoms with van der Waals surface area (Å²) in [6.45, 7) is 0. The van der Waals surface area contributed by atoms with Crippen LogP contribution in [0.25, 0.3) is 22.6 Å². The standard InChI is InChI=1S/C22H16N2O2/c1-3-7-17(8-4-1)21-13-11-19(25-21)15-23-24-16-20-12-14-22(26-20)18-9-5-2-6-10-18/h1-16H/b23-15+,24-16+. The average Bonchev–Trinajstić information content (AvgIpc) is 3.37. The molecule has 2 aromatic heterocycles. The van der Waals surface area contributed by atoms with E-state index in [-0.39, 0.29) is 0 Å². The monoisotopic (exact) mass is 340 g/mol. The first kappa shape index (κ1) is 15.8. The predicted octanol–water partition coefficient (Wildman–Crippen LogP) is 5.66. The number of benzene rings is 2. The fourth-order valence-electron chi connectivity index (χ4n) is 2.54. The van der Waals surface area contributed by atoms with Crippen LogP contribution in [0.5, 0.6) is 0 Å². The first-order chi connectivity index (χ1) is 12.9. The second kappa shape index (κ2) is 7.49. The van der Waals surface area contributed by atoms with Crippen LogP contribution in [0.2, 0.25) is 0 Å². The molecule has 0 aliphatic heterocycles. The maximum absolute atomic E-state index is 5.74. The van der Waals surface area contributed by atoms with Crippen molar-refractivity contribution in [3.05, 3.63) is 96.4 Å². The molecule has 126 valence electrons. The molecule has 2 aromatic carbocycles. The second-order valence-corrected chi connectivity index (χ2v) is 5.63. The fraction of sp³-hybridized carbons (Fsp3) is 0. The molecular formula is C22H16N2O2. The van der Waals surface area contributed by atoms with Crippen LogP contribution in [0.3, 0.4) is 0 Å². The quantitative estimate of drug-likeness (QED) is 0.348. The van der Waals surface area contributed by atoms with Crippen LogP contribution >= 0.6 is 0 Å². The average molecular weight is 340 g/mol. The molecule has 0 spiro atoms. The second-order valence-electron chi connectivity index (χ2n) is 5.63. The molecule has 4 rings (SSSR count). The van der Waals surface area contributed by atoms with E-state index in [1.54, 1.807) is 12.4 Å². The van der Waals surface area contributed by atoms with Gasteiger partial charge in [-0.15, -0.1) is 0 Å². The lowest BCUT2D eigenvalue weighted by atomic mass is 10.2. The lowest BCUT2D eigenvalue weighted by Gasteiger charge is -1.94. The highest BCUT2D eigenvalue weighted by Gasteiger charge is 2.03. The first-order valence-electron chi connectivity index (χ1n) is 8.25. The molecule has 0 atom stereocenters. The lowest BCUT2D eigenvalue weighted by Crippen LogP contribution is -1.76. The molecule has 4 heteroatoms. The highest BCUT2D eigenvalue weighted by atomic mass is 16.3. The number of hydrogen-bond donors (Lipinski definition) is 0. The Balaban J connectivity index is 1.41. The van der Waals surface area contributed by atoms with Gasteiger partial charge in [0.2, 0.25) is 0 Å². The molecule has 4 nitrogen and oxygen atoms in total. The molecule has 0 bridgehead atoms. The van der Waals surface area contributed by atoms with Crippen LogP contribution in [0.1, 0.15) is 11.5 Å². The van der Waals surface area contributed by atoms with Crippen LogP contribution < -0.4 is 0 Å². The zero-order valence-corrected chi connectivity index (χ0v) is 13.9. The smallest absolute Gasteiger partial charge is 0.147 e. The molecule has 0 saturated carbocycles. The van der Waals surface area contributed by atoms with Crippen LogP contribution in [-0.4, -0.2) is 12.4 Å². The van der Waals surface area contributed by atoms with Crippen molar-refractivity contribution in [2.24, 2.45) is 10.2 Å². The van der Waals surface area contributed by atoms with Crippen LogP contribution in [-0.2, 0) is 0 Å². The third kappa shape index (κ3) is 3.70. The van der Waals surface area contributed by atoms with Crippen molar-refractivity contribution in [2.75, 3.05) is 0 Å². The van der Waals surface area contributed by atoms with Crippen molar-refractivity contribution in [1.29, 1.82) is 0 Å². The van der Waals surface area contributed by atoms with Gasteiger partial charge in [-0.1, -0.05) is 60.7 Å². The number of nitrogens with zero attached hydrogens (tertiary/aromatic N) is 2. The summed E-state index contributed by atoms with van der Waals surface area (Å²) in [5.41, 5.74) is 2.05. The molecule has 0 N–H and O–H groups in total. The molecule has 0 radical (unpaired) electrons. The highest BCUT2D eigenvalue weighted by Crippen LogP contribution is 2.22. The molecule has 0 aliphatic carbocycles. The maximum Gasteiger partial charge on any atom is 0.147 e. The summed E-state index contributed by atoms with van der Waals surface area (Å²) >= 11 is 0. The van der Waals surface area contributed by atoms with Gasteiger partial charge in [-0.2, -0.15) is 10.2 Å². The van der Waals surface area contributed by atoms with Crippen molar-refractivity contribution in [2.45, 2.75) is 0 Å². The zero-order chi connectivity index (χ0) is 17.6. The van der Waals surface area contributed by atoms with Gasteiger partial charge in [-0.25, -0.2) is 0 Å². The third-order valence-electron chi connectivity index (χ3n) is 3.81. The Kier molecular flexibility index (Phi) is 4.56. The van der Waals surface area contributed by atoms with Crippen molar-refractivity contribution >= 4 is 12.4 Å². The van der Waals surface area contributed by atoms with Crippen molar-refractivity contribution < 1.29 is 8.83 Å². The molecular weight excluding hydrogens is 324 g/mol. The summed E-state index contributed by atoms with van der Waals surface area (Å²) < 4.78 is 11.5. The van der Waals surface area contributed by atoms with E-state index in [0.29, 0.717) is 11.5 Å². The summed E-state index contributed by atoms with van der Waals surface area (Å²) in [5.74, 6) is 2.89. The summed E-state index contributed by atoms with van der Waals surface area (Å²) in [6.07, 6.45) is 3.15. The Morgan fingerprint density at radius 3 is 1.35 bits per heavy atom. The van der Waals surface area contributed by atoms with Gasteiger partial charge in [0, 0.05) is 11.1 Å². The van der Waals surface area contributed by atoms with Gasteiger partial charge in [0.1, 0.15) is 23.0 Å². The third-order valence-corrected chi connectivity index (χ3v) is 3.81. The number of furan rings is 2. The zero-order valence-electron chi connectivity index (χ0n) is 13.9. The highest BCUT2D eigenvalue weighted by molar-refractivity contribution is 5.80. The van der Waals surface area contributed by atoms with E-state index in [1.807, 2.05) is 84.9 Å². The van der Waals surface area contributed by atoms with Gasteiger partial charge in [-0.05, 0) is 24.3 Å². The Labute approximate surface area is 151 Å². The first-order valence-corrected chi connectivity index (χ1v) is 8.25. The van der Waals surface area contributed by atoms with Crippen molar-refractivity contribution in [3.63, 3.8) is 0 Å². The van der Waals surface area contributed by atoms with Crippen LogP contribution in [0, 0.1) is 0 Å². The minimum absolute atomic E-state index is 0.644. The molecule has 0 unspecified atom stereocenters. The largest absolute Gasteiger partial charge is 0.455 e. The van der Waals surface area contributed by atoms with Gasteiger partial charge in [0.15, 0.2) is 0 Å².